The first-order valence-electron chi connectivity index (χ1n) is 6.76. The molecule has 0 heterocycles. The van der Waals surface area contributed by atoms with Crippen molar-refractivity contribution in [1.29, 1.82) is 0 Å². The number of rotatable bonds is 9. The molecule has 0 radical (unpaired) electrons. The SMILES string of the molecule is CC(CC(=O)O)(C(=O)O)S(=O)(=O)O.CC[CH-]CCCCC.[Na+]. The molecule has 1 atom stereocenters. The van der Waals surface area contributed by atoms with Gasteiger partial charge in [0.1, 0.15) is 0 Å². The van der Waals surface area contributed by atoms with Crippen molar-refractivity contribution in [3.05, 3.63) is 6.42 Å². The van der Waals surface area contributed by atoms with Crippen molar-refractivity contribution in [2.24, 2.45) is 0 Å². The van der Waals surface area contributed by atoms with Gasteiger partial charge in [-0.15, -0.1) is 0 Å². The molecule has 0 rings (SSSR count). The number of carboxylic acid groups (broad SMARTS) is 2. The van der Waals surface area contributed by atoms with Crippen LogP contribution in [0, 0.1) is 6.42 Å². The van der Waals surface area contributed by atoms with E-state index in [2.05, 4.69) is 20.3 Å². The summed E-state index contributed by atoms with van der Waals surface area (Å²) in [6.45, 7) is 5.07. The first-order chi connectivity index (χ1) is 9.52. The van der Waals surface area contributed by atoms with Gasteiger partial charge < -0.3 is 16.6 Å². The van der Waals surface area contributed by atoms with Crippen molar-refractivity contribution in [3.8, 4) is 0 Å². The molecule has 0 saturated heterocycles. The van der Waals surface area contributed by atoms with E-state index in [1.165, 1.54) is 32.1 Å². The fraction of sp³-hybridized carbons (Fsp3) is 0.769. The van der Waals surface area contributed by atoms with Gasteiger partial charge in [0, 0.05) is 0 Å². The van der Waals surface area contributed by atoms with Crippen molar-refractivity contribution >= 4 is 22.1 Å². The monoisotopic (exact) mass is 348 g/mol. The second-order valence-corrected chi connectivity index (χ2v) is 6.63. The van der Waals surface area contributed by atoms with Gasteiger partial charge in [-0.3, -0.25) is 14.1 Å². The molecule has 22 heavy (non-hydrogen) atoms. The summed E-state index contributed by atoms with van der Waals surface area (Å²) in [6, 6.07) is 0. The maximum absolute atomic E-state index is 10.5. The summed E-state index contributed by atoms with van der Waals surface area (Å²) < 4.78 is 26.9. The number of carboxylic acids is 2. The van der Waals surface area contributed by atoms with E-state index in [0.717, 1.165) is 0 Å². The number of hydrogen-bond acceptors (Lipinski definition) is 4. The van der Waals surface area contributed by atoms with Gasteiger partial charge in [-0.2, -0.15) is 21.3 Å². The van der Waals surface area contributed by atoms with Crippen LogP contribution in [0.1, 0.15) is 59.3 Å². The molecule has 0 saturated carbocycles. The van der Waals surface area contributed by atoms with E-state index >= 15 is 0 Å². The molecule has 0 bridgehead atoms. The first-order valence-corrected chi connectivity index (χ1v) is 8.20. The Bertz CT molecular complexity index is 416. The van der Waals surface area contributed by atoms with Gasteiger partial charge in [0.15, 0.2) is 0 Å². The van der Waals surface area contributed by atoms with E-state index < -0.39 is 33.2 Å². The van der Waals surface area contributed by atoms with Crippen LogP contribution in [0.2, 0.25) is 0 Å². The first kappa shape index (κ1) is 26.7. The zero-order valence-electron chi connectivity index (χ0n) is 13.7. The van der Waals surface area contributed by atoms with Crippen LogP contribution >= 0.6 is 0 Å². The zero-order valence-corrected chi connectivity index (χ0v) is 16.5. The van der Waals surface area contributed by atoms with Crippen molar-refractivity contribution < 1.29 is 62.3 Å². The average Bonchev–Trinajstić information content (AvgIpc) is 2.33. The number of aliphatic carboxylic acids is 2. The fourth-order valence-corrected chi connectivity index (χ4v) is 1.84. The van der Waals surface area contributed by atoms with Crippen molar-refractivity contribution in [3.63, 3.8) is 0 Å². The van der Waals surface area contributed by atoms with Crippen LogP contribution in [0.25, 0.3) is 0 Å². The fourth-order valence-electron chi connectivity index (χ4n) is 1.31. The molecular formula is C13H25NaO7S. The normalized spacial score (nSPS) is 13.1. The van der Waals surface area contributed by atoms with Crippen LogP contribution < -0.4 is 29.6 Å². The van der Waals surface area contributed by atoms with E-state index in [9.17, 15) is 18.0 Å². The van der Waals surface area contributed by atoms with E-state index in [0.29, 0.717) is 6.92 Å². The third-order valence-corrected chi connectivity index (χ3v) is 4.27. The Hall–Kier alpha value is -0.150. The van der Waals surface area contributed by atoms with Crippen LogP contribution in [0.5, 0.6) is 0 Å². The molecule has 0 aliphatic heterocycles. The molecule has 0 amide bonds. The molecule has 7 nitrogen and oxygen atoms in total. The summed E-state index contributed by atoms with van der Waals surface area (Å²) in [5.41, 5.74) is 0. The zero-order chi connectivity index (χ0) is 17.1. The van der Waals surface area contributed by atoms with Crippen molar-refractivity contribution in [2.45, 2.75) is 64.0 Å². The number of hydrogen-bond donors (Lipinski definition) is 3. The molecule has 126 valence electrons. The van der Waals surface area contributed by atoms with Crippen molar-refractivity contribution in [2.75, 3.05) is 0 Å². The smallest absolute Gasteiger partial charge is 0.481 e. The van der Waals surface area contributed by atoms with Gasteiger partial charge in [0.05, 0.1) is 6.42 Å². The Balaban J connectivity index is -0.000000348. The maximum Gasteiger partial charge on any atom is 1.00 e. The topological polar surface area (TPSA) is 129 Å². The molecule has 0 spiro atoms. The molecular weight excluding hydrogens is 323 g/mol. The third-order valence-electron chi connectivity index (χ3n) is 2.81. The summed E-state index contributed by atoms with van der Waals surface area (Å²) in [5, 5.41) is 16.6. The minimum atomic E-state index is -4.94. The second kappa shape index (κ2) is 13.3. The summed E-state index contributed by atoms with van der Waals surface area (Å²) >= 11 is 0. The van der Waals surface area contributed by atoms with Gasteiger partial charge in [0.2, 0.25) is 4.75 Å². The van der Waals surface area contributed by atoms with Gasteiger partial charge in [-0.05, 0) is 6.92 Å². The van der Waals surface area contributed by atoms with Crippen LogP contribution in [0.15, 0.2) is 0 Å². The average molecular weight is 348 g/mol. The number of carbonyl (C=O) groups is 2. The van der Waals surface area contributed by atoms with Gasteiger partial charge >= 0.3 is 41.5 Å². The largest absolute Gasteiger partial charge is 1.00 e. The minimum absolute atomic E-state index is 0. The van der Waals surface area contributed by atoms with E-state index in [4.69, 9.17) is 14.8 Å². The standard InChI is InChI=1S/C8H17.C5H8O7S.Na/c1-3-5-7-8-6-4-2;1-5(4(8)9,2-3(6)7)13(10,11)12;/h5H,3-4,6-8H2,1-2H3;2H2,1H3,(H,6,7)(H,8,9)(H,10,11,12);/q-1;;+1. The molecule has 0 aromatic carbocycles. The summed E-state index contributed by atoms with van der Waals surface area (Å²) in [6.07, 6.45) is 7.86. The molecule has 0 aromatic heterocycles. The predicted octanol–water partition coefficient (Wildman–Crippen LogP) is -0.623. The van der Waals surface area contributed by atoms with Crippen LogP contribution in [-0.4, -0.2) is 39.9 Å². The molecule has 3 N–H and O–H groups in total. The quantitative estimate of drug-likeness (QED) is 0.219. The molecule has 0 aliphatic rings. The van der Waals surface area contributed by atoms with Gasteiger partial charge in [-0.25, -0.2) is 0 Å². The summed E-state index contributed by atoms with van der Waals surface area (Å²) in [4.78, 5) is 20.5. The summed E-state index contributed by atoms with van der Waals surface area (Å²) in [5.74, 6) is -3.53. The number of unbranched alkanes of at least 4 members (excludes halogenated alkanes) is 5. The van der Waals surface area contributed by atoms with Crippen LogP contribution in [0.4, 0.5) is 0 Å². The molecule has 9 heteroatoms. The Labute approximate surface area is 154 Å². The minimum Gasteiger partial charge on any atom is -0.481 e. The predicted molar refractivity (Wildman–Crippen MR) is 78.6 cm³/mol. The van der Waals surface area contributed by atoms with Gasteiger partial charge in [0.25, 0.3) is 10.1 Å². The molecule has 0 aliphatic carbocycles. The van der Waals surface area contributed by atoms with Crippen molar-refractivity contribution in [1.82, 2.24) is 0 Å². The maximum atomic E-state index is 10.5. The Morgan fingerprint density at radius 1 is 1.14 bits per heavy atom. The van der Waals surface area contributed by atoms with E-state index in [1.54, 1.807) is 0 Å². The molecule has 1 unspecified atom stereocenters. The van der Waals surface area contributed by atoms with Crippen LogP contribution in [0.3, 0.4) is 0 Å². The molecule has 0 aromatic rings. The van der Waals surface area contributed by atoms with E-state index in [-0.39, 0.29) is 29.6 Å². The Morgan fingerprint density at radius 3 is 1.86 bits per heavy atom. The Kier molecular flexibility index (Phi) is 16.2. The van der Waals surface area contributed by atoms with Crippen LogP contribution in [-0.2, 0) is 19.7 Å². The van der Waals surface area contributed by atoms with Gasteiger partial charge in [-0.1, -0.05) is 33.1 Å². The van der Waals surface area contributed by atoms with E-state index in [1.807, 2.05) is 0 Å². The second-order valence-electron chi connectivity index (χ2n) is 4.77. The Morgan fingerprint density at radius 2 is 1.64 bits per heavy atom. The molecule has 0 fully saturated rings. The third kappa shape index (κ3) is 11.4. The summed E-state index contributed by atoms with van der Waals surface area (Å²) in [7, 11) is -4.94.